The number of nitrogens with zero attached hydrogens (tertiary/aromatic N) is 2. The average Bonchev–Trinajstić information content (AvgIpc) is 3.52. The van der Waals surface area contributed by atoms with Crippen LogP contribution in [0.1, 0.15) is 97.8 Å². The Morgan fingerprint density at radius 1 is 1.14 bits per heavy atom. The smallest absolute Gasteiger partial charge is 0.305 e. The molecule has 5 rings (SSSR count). The van der Waals surface area contributed by atoms with Crippen LogP contribution in [0.15, 0.2) is 10.2 Å². The minimum Gasteiger partial charge on any atom is -0.466 e. The molecule has 6 nitrogen and oxygen atoms in total. The standard InChI is InChI=1S/C30H46N2O4/c1-5-6-7-8-15-36-27(35)12-9-19(2)22-10-11-23-21-18-30(31-32-30)25-16-20(33)13-14-28(25,3)24(21)17-26(34)29(22,23)4/h1,19-26,33-34H,6-18H2,2-4H3/t19-,20+,21+,22-,23+,24+,25+,26+,28-,29-/m1/s1. The fourth-order valence-corrected chi connectivity index (χ4v) is 9.70. The van der Waals surface area contributed by atoms with Crippen molar-refractivity contribution < 1.29 is 19.7 Å². The highest BCUT2D eigenvalue weighted by atomic mass is 16.5. The lowest BCUT2D eigenvalue weighted by Gasteiger charge is -2.63. The quantitative estimate of drug-likeness (QED) is 0.262. The summed E-state index contributed by atoms with van der Waals surface area (Å²) in [6.45, 7) is 7.47. The lowest BCUT2D eigenvalue weighted by Crippen LogP contribution is -2.62. The van der Waals surface area contributed by atoms with Crippen molar-refractivity contribution in [2.75, 3.05) is 6.61 Å². The Kier molecular flexibility index (Phi) is 7.05. The molecule has 200 valence electrons. The number of esters is 1. The largest absolute Gasteiger partial charge is 0.466 e. The highest BCUT2D eigenvalue weighted by Crippen LogP contribution is 2.72. The van der Waals surface area contributed by atoms with Gasteiger partial charge in [-0.15, -0.1) is 12.3 Å². The predicted molar refractivity (Wildman–Crippen MR) is 138 cm³/mol. The lowest BCUT2D eigenvalue weighted by molar-refractivity contribution is -0.185. The molecule has 0 aromatic carbocycles. The highest BCUT2D eigenvalue weighted by molar-refractivity contribution is 5.69. The van der Waals surface area contributed by atoms with E-state index in [1.165, 1.54) is 0 Å². The molecule has 1 aliphatic heterocycles. The van der Waals surface area contributed by atoms with E-state index in [1.54, 1.807) is 0 Å². The number of hydrogen-bond acceptors (Lipinski definition) is 6. The van der Waals surface area contributed by atoms with Gasteiger partial charge in [0, 0.05) is 25.2 Å². The van der Waals surface area contributed by atoms with Gasteiger partial charge in [0.25, 0.3) is 0 Å². The Labute approximate surface area is 217 Å². The number of carbonyl (C=O) groups is 1. The molecule has 2 N–H and O–H groups in total. The third-order valence-corrected chi connectivity index (χ3v) is 11.7. The van der Waals surface area contributed by atoms with Gasteiger partial charge in [0.15, 0.2) is 5.66 Å². The zero-order valence-corrected chi connectivity index (χ0v) is 22.5. The van der Waals surface area contributed by atoms with E-state index in [9.17, 15) is 15.0 Å². The molecule has 6 heteroatoms. The number of ether oxygens (including phenoxy) is 1. The van der Waals surface area contributed by atoms with Crippen molar-refractivity contribution in [3.05, 3.63) is 0 Å². The molecule has 0 bridgehead atoms. The van der Waals surface area contributed by atoms with E-state index >= 15 is 0 Å². The maximum atomic E-state index is 12.3. The molecule has 5 aliphatic rings. The number of terminal acetylenes is 1. The molecule has 0 aromatic rings. The molecule has 10 atom stereocenters. The zero-order chi connectivity index (χ0) is 25.7. The van der Waals surface area contributed by atoms with Crippen LogP contribution in [0.4, 0.5) is 0 Å². The van der Waals surface area contributed by atoms with Gasteiger partial charge < -0.3 is 14.9 Å². The van der Waals surface area contributed by atoms with Crippen molar-refractivity contribution >= 4 is 5.97 Å². The summed E-state index contributed by atoms with van der Waals surface area (Å²) in [7, 11) is 0. The van der Waals surface area contributed by atoms with Crippen molar-refractivity contribution in [1.82, 2.24) is 0 Å². The molecule has 0 radical (unpaired) electrons. The van der Waals surface area contributed by atoms with Gasteiger partial charge in [0.05, 0.1) is 18.8 Å². The van der Waals surface area contributed by atoms with E-state index in [-0.39, 0.29) is 34.7 Å². The minimum absolute atomic E-state index is 0.0850. The van der Waals surface area contributed by atoms with E-state index in [0.717, 1.165) is 70.6 Å². The van der Waals surface area contributed by atoms with Crippen molar-refractivity contribution in [2.45, 2.75) is 116 Å². The molecule has 4 saturated carbocycles. The molecule has 0 aromatic heterocycles. The molecule has 4 fully saturated rings. The van der Waals surface area contributed by atoms with Gasteiger partial charge in [-0.25, -0.2) is 0 Å². The Balaban J connectivity index is 1.25. The second kappa shape index (κ2) is 9.70. The van der Waals surface area contributed by atoms with Gasteiger partial charge in [-0.05, 0) is 98.2 Å². The number of aliphatic hydroxyl groups is 2. The first-order chi connectivity index (χ1) is 17.2. The first-order valence-corrected chi connectivity index (χ1v) is 14.5. The fourth-order valence-electron chi connectivity index (χ4n) is 9.70. The van der Waals surface area contributed by atoms with Crippen molar-refractivity contribution in [2.24, 2.45) is 56.6 Å². The third kappa shape index (κ3) is 4.23. The number of unbranched alkanes of at least 4 members (excludes halogenated alkanes) is 2. The number of rotatable bonds is 8. The number of aliphatic hydroxyl groups excluding tert-OH is 2. The number of hydrogen-bond donors (Lipinski definition) is 2. The van der Waals surface area contributed by atoms with Crippen LogP contribution in [0.3, 0.4) is 0 Å². The normalized spacial score (nSPS) is 44.7. The Bertz CT molecular complexity index is 907. The SMILES string of the molecule is C#CCCCCOC(=O)CC[C@@H](C)[C@H]1CC[C@H]2[C@@H]3CC4(N=N4)[C@H]4C[C@@H](O)CC[C@]4(C)[C@H]3C[C@H](O)[C@]12C. The van der Waals surface area contributed by atoms with Gasteiger partial charge in [0.2, 0.25) is 0 Å². The molecule has 1 heterocycles. The van der Waals surface area contributed by atoms with Gasteiger partial charge >= 0.3 is 5.97 Å². The maximum absolute atomic E-state index is 12.3. The van der Waals surface area contributed by atoms with Crippen LogP contribution in [0.2, 0.25) is 0 Å². The fraction of sp³-hybridized carbons (Fsp3) is 0.900. The van der Waals surface area contributed by atoms with Crippen LogP contribution in [-0.2, 0) is 9.53 Å². The third-order valence-electron chi connectivity index (χ3n) is 11.7. The van der Waals surface area contributed by atoms with Crippen LogP contribution >= 0.6 is 0 Å². The molecule has 4 aliphatic carbocycles. The molecule has 36 heavy (non-hydrogen) atoms. The number of fused-ring (bicyclic) bond motifs is 6. The van der Waals surface area contributed by atoms with E-state index in [4.69, 9.17) is 11.2 Å². The van der Waals surface area contributed by atoms with Crippen LogP contribution < -0.4 is 0 Å². The summed E-state index contributed by atoms with van der Waals surface area (Å²) in [5.41, 5.74) is -0.330. The maximum Gasteiger partial charge on any atom is 0.305 e. The van der Waals surface area contributed by atoms with E-state index in [1.807, 2.05) is 0 Å². The Hall–Kier alpha value is -1.45. The highest BCUT2D eigenvalue weighted by Gasteiger charge is 2.70. The summed E-state index contributed by atoms with van der Waals surface area (Å²) in [5.74, 6) is 5.04. The predicted octanol–water partition coefficient (Wildman–Crippen LogP) is 5.51. The second-order valence-corrected chi connectivity index (χ2v) is 13.3. The van der Waals surface area contributed by atoms with Gasteiger partial charge in [-0.2, -0.15) is 10.2 Å². The van der Waals surface area contributed by atoms with Gasteiger partial charge in [0.1, 0.15) is 0 Å². The Morgan fingerprint density at radius 2 is 1.92 bits per heavy atom. The summed E-state index contributed by atoms with van der Waals surface area (Å²) >= 11 is 0. The molecule has 0 amide bonds. The monoisotopic (exact) mass is 498 g/mol. The Morgan fingerprint density at radius 3 is 2.64 bits per heavy atom. The summed E-state index contributed by atoms with van der Waals surface area (Å²) in [6, 6.07) is 0. The van der Waals surface area contributed by atoms with Crippen LogP contribution in [0.5, 0.6) is 0 Å². The topological polar surface area (TPSA) is 91.5 Å². The van der Waals surface area contributed by atoms with Crippen LogP contribution in [0, 0.1) is 58.7 Å². The number of carbonyl (C=O) groups excluding carboxylic acids is 1. The average molecular weight is 499 g/mol. The summed E-state index contributed by atoms with van der Waals surface area (Å²) in [5, 5.41) is 31.5. The van der Waals surface area contributed by atoms with Crippen molar-refractivity contribution in [1.29, 1.82) is 0 Å². The van der Waals surface area contributed by atoms with Crippen LogP contribution in [0.25, 0.3) is 0 Å². The summed E-state index contributed by atoms with van der Waals surface area (Å²) < 4.78 is 5.43. The second-order valence-electron chi connectivity index (χ2n) is 13.3. The first kappa shape index (κ1) is 26.2. The van der Waals surface area contributed by atoms with E-state index < -0.39 is 0 Å². The zero-order valence-electron chi connectivity index (χ0n) is 22.5. The minimum atomic E-state index is -0.326. The molecule has 1 spiro atoms. The first-order valence-electron chi connectivity index (χ1n) is 14.5. The summed E-state index contributed by atoms with van der Waals surface area (Å²) in [6.07, 6.45) is 15.2. The molecule has 0 unspecified atom stereocenters. The van der Waals surface area contributed by atoms with Crippen molar-refractivity contribution in [3.8, 4) is 12.3 Å². The molecular formula is C30H46N2O4. The van der Waals surface area contributed by atoms with Gasteiger partial charge in [-0.3, -0.25) is 4.79 Å². The molecule has 0 saturated heterocycles. The van der Waals surface area contributed by atoms with Gasteiger partial charge in [-0.1, -0.05) is 20.8 Å². The van der Waals surface area contributed by atoms with E-state index in [0.29, 0.717) is 48.5 Å². The van der Waals surface area contributed by atoms with E-state index in [2.05, 4.69) is 36.9 Å². The van der Waals surface area contributed by atoms with Crippen molar-refractivity contribution in [3.63, 3.8) is 0 Å². The van der Waals surface area contributed by atoms with Crippen LogP contribution in [-0.4, -0.2) is 40.7 Å². The lowest BCUT2D eigenvalue weighted by atomic mass is 9.42. The molecular weight excluding hydrogens is 452 g/mol. The summed E-state index contributed by atoms with van der Waals surface area (Å²) in [4.78, 5) is 12.3.